The van der Waals surface area contributed by atoms with E-state index in [1.54, 1.807) is 23.1 Å². The number of hydrogen-bond acceptors (Lipinski definition) is 3. The molecule has 2 heterocycles. The quantitative estimate of drug-likeness (QED) is 0.878. The lowest BCUT2D eigenvalue weighted by molar-refractivity contribution is 0.191. The number of likely N-dealkylation sites (tertiary alicyclic amines) is 1. The fourth-order valence-corrected chi connectivity index (χ4v) is 2.87. The Morgan fingerprint density at radius 2 is 2.23 bits per heavy atom. The Hall–Kier alpha value is -1.79. The topological polar surface area (TPSA) is 73.9 Å². The Morgan fingerprint density at radius 3 is 2.95 bits per heavy atom. The van der Waals surface area contributed by atoms with E-state index in [0.717, 1.165) is 25.2 Å². The monoisotopic (exact) mass is 339 g/mol. The molecule has 1 aromatic heterocycles. The number of halogens is 2. The van der Waals surface area contributed by atoms with Crippen LogP contribution in [0.5, 0.6) is 0 Å². The second kappa shape index (κ2) is 6.54. The van der Waals surface area contributed by atoms with Gasteiger partial charge in [-0.25, -0.2) is 9.78 Å². The van der Waals surface area contributed by atoms with Crippen molar-refractivity contribution in [1.82, 2.24) is 20.1 Å². The Bertz CT molecular complexity index is 661. The van der Waals surface area contributed by atoms with Gasteiger partial charge in [0.1, 0.15) is 12.2 Å². The van der Waals surface area contributed by atoms with E-state index in [4.69, 9.17) is 23.2 Å². The number of nitrogens with one attached hydrogen (secondary N) is 2. The third-order valence-corrected chi connectivity index (χ3v) is 4.44. The van der Waals surface area contributed by atoms with Crippen molar-refractivity contribution in [2.75, 3.05) is 18.4 Å². The summed E-state index contributed by atoms with van der Waals surface area (Å²) < 4.78 is 0. The highest BCUT2D eigenvalue weighted by Crippen LogP contribution is 2.27. The Morgan fingerprint density at radius 1 is 1.36 bits per heavy atom. The van der Waals surface area contributed by atoms with E-state index in [0.29, 0.717) is 22.3 Å². The van der Waals surface area contributed by atoms with Crippen molar-refractivity contribution >= 4 is 34.9 Å². The summed E-state index contributed by atoms with van der Waals surface area (Å²) in [5.74, 6) is 1.02. The van der Waals surface area contributed by atoms with E-state index >= 15 is 0 Å². The van der Waals surface area contributed by atoms with E-state index in [2.05, 4.69) is 20.5 Å². The molecular formula is C14H15Cl2N5O. The van der Waals surface area contributed by atoms with Crippen LogP contribution in [-0.4, -0.2) is 39.2 Å². The van der Waals surface area contributed by atoms with Crippen LogP contribution in [0.2, 0.25) is 10.0 Å². The molecule has 0 unspecified atom stereocenters. The molecule has 1 aliphatic rings. The van der Waals surface area contributed by atoms with Gasteiger partial charge < -0.3 is 10.2 Å². The maximum absolute atomic E-state index is 12.4. The number of hydrogen-bond donors (Lipinski definition) is 2. The molecule has 0 bridgehead atoms. The molecule has 0 radical (unpaired) electrons. The van der Waals surface area contributed by atoms with E-state index in [1.807, 2.05) is 0 Å². The van der Waals surface area contributed by atoms with Crippen LogP contribution < -0.4 is 5.32 Å². The molecule has 8 heteroatoms. The molecule has 1 aliphatic heterocycles. The molecule has 1 aromatic carbocycles. The first kappa shape index (κ1) is 15.1. The van der Waals surface area contributed by atoms with Crippen molar-refractivity contribution < 1.29 is 4.79 Å². The van der Waals surface area contributed by atoms with Gasteiger partial charge >= 0.3 is 6.03 Å². The fourth-order valence-electron chi connectivity index (χ4n) is 2.57. The predicted octanol–water partition coefficient (Wildman–Crippen LogP) is 3.52. The largest absolute Gasteiger partial charge is 0.324 e. The maximum Gasteiger partial charge on any atom is 0.321 e. The van der Waals surface area contributed by atoms with Crippen molar-refractivity contribution in [1.29, 1.82) is 0 Å². The van der Waals surface area contributed by atoms with E-state index in [1.165, 1.54) is 6.33 Å². The molecule has 1 saturated heterocycles. The molecule has 3 rings (SSSR count). The molecule has 2 aromatic rings. The van der Waals surface area contributed by atoms with Gasteiger partial charge in [0.05, 0.1) is 10.0 Å². The average molecular weight is 340 g/mol. The Kier molecular flexibility index (Phi) is 4.49. The number of carbonyl (C=O) groups is 1. The number of carbonyl (C=O) groups excluding carboxylic acids is 1. The van der Waals surface area contributed by atoms with Crippen molar-refractivity contribution in [3.63, 3.8) is 0 Å². The number of amides is 2. The van der Waals surface area contributed by atoms with Gasteiger partial charge in [-0.05, 0) is 31.0 Å². The Labute approximate surface area is 137 Å². The van der Waals surface area contributed by atoms with Gasteiger partial charge in [-0.3, -0.25) is 5.10 Å². The number of benzene rings is 1. The van der Waals surface area contributed by atoms with Gasteiger partial charge in [-0.2, -0.15) is 5.10 Å². The SMILES string of the molecule is O=C(Nc1ccc(Cl)c(Cl)c1)N1CCC[C@@H](c2ncn[nH]2)C1. The molecule has 1 atom stereocenters. The van der Waals surface area contributed by atoms with Gasteiger partial charge in [0, 0.05) is 24.7 Å². The third-order valence-electron chi connectivity index (χ3n) is 3.70. The summed E-state index contributed by atoms with van der Waals surface area (Å²) in [6, 6.07) is 4.87. The van der Waals surface area contributed by atoms with Gasteiger partial charge in [0.25, 0.3) is 0 Å². The van der Waals surface area contributed by atoms with Gasteiger partial charge in [0.15, 0.2) is 0 Å². The van der Waals surface area contributed by atoms with E-state index < -0.39 is 0 Å². The number of urea groups is 1. The molecule has 116 valence electrons. The summed E-state index contributed by atoms with van der Waals surface area (Å²) in [5.41, 5.74) is 0.626. The van der Waals surface area contributed by atoms with E-state index in [-0.39, 0.29) is 11.9 Å². The van der Waals surface area contributed by atoms with E-state index in [9.17, 15) is 4.79 Å². The lowest BCUT2D eigenvalue weighted by Crippen LogP contribution is -2.41. The van der Waals surface area contributed by atoms with Gasteiger partial charge in [-0.15, -0.1) is 0 Å². The molecule has 0 spiro atoms. The number of H-pyrrole nitrogens is 1. The van der Waals surface area contributed by atoms with Crippen molar-refractivity contribution in [2.45, 2.75) is 18.8 Å². The van der Waals surface area contributed by atoms with Crippen LogP contribution in [0.25, 0.3) is 0 Å². The highest BCUT2D eigenvalue weighted by atomic mass is 35.5. The number of anilines is 1. The first-order valence-electron chi connectivity index (χ1n) is 6.99. The summed E-state index contributed by atoms with van der Waals surface area (Å²) >= 11 is 11.8. The average Bonchev–Trinajstić information content (AvgIpc) is 3.05. The maximum atomic E-state index is 12.4. The minimum atomic E-state index is -0.150. The standard InChI is InChI=1S/C14H15Cl2N5O/c15-11-4-3-10(6-12(11)16)19-14(22)21-5-1-2-9(7-21)13-17-8-18-20-13/h3-4,6,8-9H,1-2,5,7H2,(H,19,22)(H,17,18,20)/t9-/m1/s1. The molecule has 1 fully saturated rings. The summed E-state index contributed by atoms with van der Waals surface area (Å²) in [6.07, 6.45) is 3.41. The highest BCUT2D eigenvalue weighted by molar-refractivity contribution is 6.42. The normalized spacial score (nSPS) is 18.3. The van der Waals surface area contributed by atoms with Crippen LogP contribution in [0, 0.1) is 0 Å². The zero-order valence-corrected chi connectivity index (χ0v) is 13.2. The summed E-state index contributed by atoms with van der Waals surface area (Å²) in [7, 11) is 0. The zero-order valence-electron chi connectivity index (χ0n) is 11.7. The van der Waals surface area contributed by atoms with Crippen molar-refractivity contribution in [3.8, 4) is 0 Å². The third kappa shape index (κ3) is 3.34. The second-order valence-corrected chi connectivity index (χ2v) is 6.03. The number of nitrogens with zero attached hydrogens (tertiary/aromatic N) is 3. The molecule has 0 saturated carbocycles. The van der Waals surface area contributed by atoms with Crippen LogP contribution in [-0.2, 0) is 0 Å². The molecule has 6 nitrogen and oxygen atoms in total. The van der Waals surface area contributed by atoms with Crippen LogP contribution in [0.1, 0.15) is 24.6 Å². The number of aromatic amines is 1. The molecule has 22 heavy (non-hydrogen) atoms. The fraction of sp³-hybridized carbons (Fsp3) is 0.357. The number of piperidine rings is 1. The molecule has 2 N–H and O–H groups in total. The second-order valence-electron chi connectivity index (χ2n) is 5.21. The zero-order chi connectivity index (χ0) is 15.5. The van der Waals surface area contributed by atoms with Crippen LogP contribution in [0.15, 0.2) is 24.5 Å². The molecule has 2 amide bonds. The van der Waals surface area contributed by atoms with Crippen LogP contribution in [0.3, 0.4) is 0 Å². The summed E-state index contributed by atoms with van der Waals surface area (Å²) in [4.78, 5) is 18.3. The van der Waals surface area contributed by atoms with Crippen LogP contribution in [0.4, 0.5) is 10.5 Å². The lowest BCUT2D eigenvalue weighted by atomic mass is 9.98. The van der Waals surface area contributed by atoms with Crippen LogP contribution >= 0.6 is 23.2 Å². The number of aromatic nitrogens is 3. The summed E-state index contributed by atoms with van der Waals surface area (Å²) in [5, 5.41) is 10.5. The summed E-state index contributed by atoms with van der Waals surface area (Å²) in [6.45, 7) is 1.33. The predicted molar refractivity (Wildman–Crippen MR) is 85.4 cm³/mol. The lowest BCUT2D eigenvalue weighted by Gasteiger charge is -2.31. The highest BCUT2D eigenvalue weighted by Gasteiger charge is 2.26. The molecule has 0 aliphatic carbocycles. The van der Waals surface area contributed by atoms with Gasteiger partial charge in [0.2, 0.25) is 0 Å². The van der Waals surface area contributed by atoms with Crippen molar-refractivity contribution in [3.05, 3.63) is 40.4 Å². The first-order chi connectivity index (χ1) is 10.6. The minimum absolute atomic E-state index is 0.150. The molecular weight excluding hydrogens is 325 g/mol. The van der Waals surface area contributed by atoms with Gasteiger partial charge in [-0.1, -0.05) is 23.2 Å². The smallest absolute Gasteiger partial charge is 0.321 e. The van der Waals surface area contributed by atoms with Crippen molar-refractivity contribution in [2.24, 2.45) is 0 Å². The Balaban J connectivity index is 1.65. The first-order valence-corrected chi connectivity index (χ1v) is 7.75. The minimum Gasteiger partial charge on any atom is -0.324 e. The number of rotatable bonds is 2.